The number of aromatic nitrogens is 1. The first-order valence-corrected chi connectivity index (χ1v) is 11.8. The van der Waals surface area contributed by atoms with Gasteiger partial charge in [-0.2, -0.15) is 4.31 Å². The molecule has 0 saturated carbocycles. The lowest BCUT2D eigenvalue weighted by Crippen LogP contribution is -2.41. The lowest BCUT2D eigenvalue weighted by atomic mass is 9.97. The molecule has 2 heterocycles. The number of carbonyl (C=O) groups is 1. The number of amides is 1. The minimum atomic E-state index is -3.52. The summed E-state index contributed by atoms with van der Waals surface area (Å²) in [5, 5.41) is 3.49. The van der Waals surface area contributed by atoms with Crippen LogP contribution in [0.3, 0.4) is 0 Å². The second-order valence-corrected chi connectivity index (χ2v) is 10.7. The number of nitrogens with one attached hydrogen (secondary N) is 1. The summed E-state index contributed by atoms with van der Waals surface area (Å²) in [7, 11) is -3.52. The molecule has 0 aliphatic carbocycles. The van der Waals surface area contributed by atoms with Crippen molar-refractivity contribution in [3.05, 3.63) is 40.4 Å². The Labute approximate surface area is 171 Å². The Hall–Kier alpha value is -1.77. The lowest BCUT2D eigenvalue weighted by Gasteiger charge is -2.30. The summed E-state index contributed by atoms with van der Waals surface area (Å²) in [4.78, 5) is 18.2. The first kappa shape index (κ1) is 21.0. The molecule has 1 amide bonds. The van der Waals surface area contributed by atoms with Gasteiger partial charge < -0.3 is 5.32 Å². The van der Waals surface area contributed by atoms with Crippen molar-refractivity contribution in [3.8, 4) is 0 Å². The topological polar surface area (TPSA) is 79.4 Å². The standard InChI is InChI=1S/C20H27N3O3S2/c1-13(2)16-5-7-18(8-6-16)28(25,26)23-11-9-17(10-12-23)19(24)22-20-21-14(3)15(4)27-20/h5-8,13,17H,9-12H2,1-4H3,(H,21,22,24). The Morgan fingerprint density at radius 3 is 2.29 bits per heavy atom. The van der Waals surface area contributed by atoms with Crippen LogP contribution in [0, 0.1) is 19.8 Å². The van der Waals surface area contributed by atoms with Crippen LogP contribution in [0.25, 0.3) is 0 Å². The Bertz CT molecular complexity index is 922. The van der Waals surface area contributed by atoms with E-state index in [2.05, 4.69) is 24.1 Å². The highest BCUT2D eigenvalue weighted by Gasteiger charge is 2.32. The van der Waals surface area contributed by atoms with Crippen LogP contribution in [-0.2, 0) is 14.8 Å². The van der Waals surface area contributed by atoms with Gasteiger partial charge in [-0.1, -0.05) is 26.0 Å². The number of anilines is 1. The molecule has 3 rings (SSSR count). The van der Waals surface area contributed by atoms with Gasteiger partial charge in [-0.15, -0.1) is 11.3 Å². The van der Waals surface area contributed by atoms with Crippen molar-refractivity contribution in [1.29, 1.82) is 0 Å². The van der Waals surface area contributed by atoms with Gasteiger partial charge in [0.25, 0.3) is 0 Å². The average Bonchev–Trinajstić information content (AvgIpc) is 2.99. The number of nitrogens with zero attached hydrogens (tertiary/aromatic N) is 2. The third kappa shape index (κ3) is 4.45. The maximum Gasteiger partial charge on any atom is 0.243 e. The molecule has 28 heavy (non-hydrogen) atoms. The van der Waals surface area contributed by atoms with Crippen LogP contribution in [0.15, 0.2) is 29.2 Å². The largest absolute Gasteiger partial charge is 0.302 e. The maximum absolute atomic E-state index is 12.9. The summed E-state index contributed by atoms with van der Waals surface area (Å²) in [6.45, 7) is 8.74. The molecular weight excluding hydrogens is 394 g/mol. The zero-order valence-electron chi connectivity index (χ0n) is 16.7. The third-order valence-electron chi connectivity index (χ3n) is 5.27. The van der Waals surface area contributed by atoms with Crippen molar-refractivity contribution in [2.45, 2.75) is 51.3 Å². The van der Waals surface area contributed by atoms with Gasteiger partial charge in [0.05, 0.1) is 10.6 Å². The van der Waals surface area contributed by atoms with Gasteiger partial charge in [0.2, 0.25) is 15.9 Å². The fraction of sp³-hybridized carbons (Fsp3) is 0.500. The van der Waals surface area contributed by atoms with Crippen molar-refractivity contribution < 1.29 is 13.2 Å². The molecule has 0 radical (unpaired) electrons. The van der Waals surface area contributed by atoms with Gasteiger partial charge in [-0.3, -0.25) is 4.79 Å². The van der Waals surface area contributed by atoms with Crippen molar-refractivity contribution in [2.75, 3.05) is 18.4 Å². The van der Waals surface area contributed by atoms with Crippen molar-refractivity contribution in [2.24, 2.45) is 5.92 Å². The predicted molar refractivity (Wildman–Crippen MR) is 112 cm³/mol. The number of benzene rings is 1. The SMILES string of the molecule is Cc1nc(NC(=O)C2CCN(S(=O)(=O)c3ccc(C(C)C)cc3)CC2)sc1C. The first-order valence-electron chi connectivity index (χ1n) is 9.53. The summed E-state index contributed by atoms with van der Waals surface area (Å²) in [5.74, 6) is 0.0859. The first-order chi connectivity index (χ1) is 13.2. The molecule has 6 nitrogen and oxygen atoms in total. The van der Waals surface area contributed by atoms with Crippen molar-refractivity contribution >= 4 is 32.4 Å². The van der Waals surface area contributed by atoms with Crippen LogP contribution in [-0.4, -0.2) is 36.7 Å². The van der Waals surface area contributed by atoms with Crippen molar-refractivity contribution in [3.63, 3.8) is 0 Å². The number of hydrogen-bond acceptors (Lipinski definition) is 5. The number of hydrogen-bond donors (Lipinski definition) is 1. The Morgan fingerprint density at radius 1 is 1.18 bits per heavy atom. The quantitative estimate of drug-likeness (QED) is 0.793. The summed E-state index contributed by atoms with van der Waals surface area (Å²) in [6, 6.07) is 7.10. The van der Waals surface area contributed by atoms with E-state index < -0.39 is 10.0 Å². The Kier molecular flexibility index (Phi) is 6.21. The highest BCUT2D eigenvalue weighted by Crippen LogP contribution is 2.27. The normalized spacial score (nSPS) is 16.5. The summed E-state index contributed by atoms with van der Waals surface area (Å²) in [6.07, 6.45) is 1.02. The molecule has 1 saturated heterocycles. The van der Waals surface area contributed by atoms with Crippen LogP contribution in [0.1, 0.15) is 48.7 Å². The van der Waals surface area contributed by atoms with Crippen LogP contribution in [0.4, 0.5) is 5.13 Å². The molecule has 0 unspecified atom stereocenters. The monoisotopic (exact) mass is 421 g/mol. The van der Waals surface area contributed by atoms with E-state index in [1.54, 1.807) is 12.1 Å². The van der Waals surface area contributed by atoms with E-state index in [0.29, 0.717) is 41.9 Å². The molecule has 1 aromatic heterocycles. The fourth-order valence-corrected chi connectivity index (χ4v) is 5.55. The Morgan fingerprint density at radius 2 is 1.79 bits per heavy atom. The fourth-order valence-electron chi connectivity index (χ4n) is 3.27. The van der Waals surface area contributed by atoms with E-state index in [4.69, 9.17) is 0 Å². The third-order valence-corrected chi connectivity index (χ3v) is 8.17. The summed E-state index contributed by atoms with van der Waals surface area (Å²) >= 11 is 1.46. The van der Waals surface area contributed by atoms with E-state index in [0.717, 1.165) is 16.1 Å². The molecule has 0 spiro atoms. The van der Waals surface area contributed by atoms with E-state index in [1.165, 1.54) is 15.6 Å². The maximum atomic E-state index is 12.9. The number of thiazole rings is 1. The predicted octanol–water partition coefficient (Wildman–Crippen LogP) is 3.92. The number of aryl methyl sites for hydroxylation is 2. The second-order valence-electron chi connectivity index (χ2n) is 7.55. The molecule has 1 fully saturated rings. The van der Waals surface area contributed by atoms with E-state index >= 15 is 0 Å². The Balaban J connectivity index is 1.61. The molecule has 1 N–H and O–H groups in total. The lowest BCUT2D eigenvalue weighted by molar-refractivity contribution is -0.120. The minimum absolute atomic E-state index is 0.0768. The van der Waals surface area contributed by atoms with Gasteiger partial charge in [-0.25, -0.2) is 13.4 Å². The average molecular weight is 422 g/mol. The molecule has 1 aliphatic heterocycles. The summed E-state index contributed by atoms with van der Waals surface area (Å²) < 4.78 is 27.3. The van der Waals surface area contributed by atoms with Crippen molar-refractivity contribution in [1.82, 2.24) is 9.29 Å². The molecule has 152 valence electrons. The van der Waals surface area contributed by atoms with E-state index in [9.17, 15) is 13.2 Å². The van der Waals surface area contributed by atoms with Gasteiger partial charge in [0.15, 0.2) is 5.13 Å². The van der Waals surface area contributed by atoms with Gasteiger partial charge >= 0.3 is 0 Å². The number of sulfonamides is 1. The highest BCUT2D eigenvalue weighted by molar-refractivity contribution is 7.89. The zero-order chi connectivity index (χ0) is 20.5. The molecule has 1 aromatic carbocycles. The summed E-state index contributed by atoms with van der Waals surface area (Å²) in [5.41, 5.74) is 2.03. The van der Waals surface area contributed by atoms with Crippen LogP contribution in [0.2, 0.25) is 0 Å². The molecule has 0 bridgehead atoms. The van der Waals surface area contributed by atoms with E-state index in [-0.39, 0.29) is 11.8 Å². The van der Waals surface area contributed by atoms with Crippen LogP contribution in [0.5, 0.6) is 0 Å². The zero-order valence-corrected chi connectivity index (χ0v) is 18.4. The molecule has 0 atom stereocenters. The molecule has 1 aliphatic rings. The smallest absolute Gasteiger partial charge is 0.243 e. The van der Waals surface area contributed by atoms with Gasteiger partial charge in [-0.05, 0) is 50.3 Å². The number of piperidine rings is 1. The minimum Gasteiger partial charge on any atom is -0.302 e. The second kappa shape index (κ2) is 8.31. The number of rotatable bonds is 5. The number of carbonyl (C=O) groups excluding carboxylic acids is 1. The van der Waals surface area contributed by atoms with E-state index in [1.807, 2.05) is 26.0 Å². The van der Waals surface area contributed by atoms with Gasteiger partial charge in [0, 0.05) is 23.9 Å². The highest BCUT2D eigenvalue weighted by atomic mass is 32.2. The molecular formula is C20H27N3O3S2. The van der Waals surface area contributed by atoms with Crippen LogP contribution >= 0.6 is 11.3 Å². The van der Waals surface area contributed by atoms with Crippen LogP contribution < -0.4 is 5.32 Å². The molecule has 8 heteroatoms. The molecule has 2 aromatic rings. The van der Waals surface area contributed by atoms with Gasteiger partial charge in [0.1, 0.15) is 0 Å².